The first-order chi connectivity index (χ1) is 17.1. The largest absolute Gasteiger partial charge is 0.493 e. The Balaban J connectivity index is 1.38. The first-order valence-electron chi connectivity index (χ1n) is 10.7. The van der Waals surface area contributed by atoms with E-state index in [-0.39, 0.29) is 12.5 Å². The molecule has 3 aromatic carbocycles. The fourth-order valence-electron chi connectivity index (χ4n) is 3.27. The van der Waals surface area contributed by atoms with E-state index >= 15 is 0 Å². The molecule has 0 aliphatic rings. The molecular weight excluding hydrogens is 452 g/mol. The Morgan fingerprint density at radius 2 is 1.51 bits per heavy atom. The van der Waals surface area contributed by atoms with Gasteiger partial charge in [0, 0.05) is 5.56 Å². The van der Waals surface area contributed by atoms with Crippen LogP contribution in [0, 0.1) is 0 Å². The zero-order chi connectivity index (χ0) is 24.6. The molecule has 4 aromatic rings. The summed E-state index contributed by atoms with van der Waals surface area (Å²) >= 11 is 0. The Morgan fingerprint density at radius 3 is 2.26 bits per heavy atom. The van der Waals surface area contributed by atoms with Gasteiger partial charge in [0.05, 0.1) is 26.9 Å². The predicted octanol–water partition coefficient (Wildman–Crippen LogP) is 4.70. The fraction of sp³-hybridized carbons (Fsp3) is 0.192. The Hall–Kier alpha value is -4.53. The van der Waals surface area contributed by atoms with Crippen LogP contribution in [0.25, 0.3) is 11.4 Å². The number of methoxy groups -OCH3 is 3. The highest BCUT2D eigenvalue weighted by molar-refractivity contribution is 5.90. The molecule has 1 heterocycles. The molecule has 0 fully saturated rings. The van der Waals surface area contributed by atoms with Gasteiger partial charge in [-0.05, 0) is 42.0 Å². The molecule has 0 spiro atoms. The number of nitrogens with zero attached hydrogens (tertiary/aromatic N) is 2. The average molecular weight is 476 g/mol. The number of ether oxygens (including phenoxy) is 5. The molecule has 9 nitrogen and oxygen atoms in total. The van der Waals surface area contributed by atoms with Crippen molar-refractivity contribution in [2.24, 2.45) is 0 Å². The fourth-order valence-corrected chi connectivity index (χ4v) is 3.27. The van der Waals surface area contributed by atoms with E-state index in [4.69, 9.17) is 28.2 Å². The van der Waals surface area contributed by atoms with Crippen molar-refractivity contribution in [3.05, 3.63) is 83.7 Å². The lowest BCUT2D eigenvalue weighted by molar-refractivity contribution is 0.0429. The van der Waals surface area contributed by atoms with Gasteiger partial charge in [0.2, 0.25) is 5.82 Å². The monoisotopic (exact) mass is 476 g/mol. The molecule has 0 radical (unpaired) electrons. The minimum absolute atomic E-state index is 0.151. The van der Waals surface area contributed by atoms with Crippen LogP contribution >= 0.6 is 0 Å². The lowest BCUT2D eigenvalue weighted by atomic mass is 10.2. The van der Waals surface area contributed by atoms with E-state index in [2.05, 4.69) is 10.1 Å². The van der Waals surface area contributed by atoms with Gasteiger partial charge in [-0.2, -0.15) is 4.98 Å². The van der Waals surface area contributed by atoms with Crippen molar-refractivity contribution in [2.75, 3.05) is 21.3 Å². The summed E-state index contributed by atoms with van der Waals surface area (Å²) < 4.78 is 32.3. The zero-order valence-electron chi connectivity index (χ0n) is 19.5. The summed E-state index contributed by atoms with van der Waals surface area (Å²) in [6, 6.07) is 19.8. The van der Waals surface area contributed by atoms with E-state index in [9.17, 15) is 4.79 Å². The summed E-state index contributed by atoms with van der Waals surface area (Å²) in [5.74, 6) is 1.97. The highest BCUT2D eigenvalue weighted by atomic mass is 16.6. The second-order valence-electron chi connectivity index (χ2n) is 7.30. The molecule has 0 atom stereocenters. The third-order valence-electron chi connectivity index (χ3n) is 5.07. The molecule has 0 aliphatic carbocycles. The van der Waals surface area contributed by atoms with Crippen LogP contribution in [0.3, 0.4) is 0 Å². The van der Waals surface area contributed by atoms with Gasteiger partial charge in [-0.15, -0.1) is 0 Å². The quantitative estimate of drug-likeness (QED) is 0.301. The Morgan fingerprint density at radius 1 is 0.800 bits per heavy atom. The van der Waals surface area contributed by atoms with Crippen molar-refractivity contribution in [2.45, 2.75) is 13.2 Å². The molecule has 35 heavy (non-hydrogen) atoms. The van der Waals surface area contributed by atoms with Crippen molar-refractivity contribution in [1.29, 1.82) is 0 Å². The van der Waals surface area contributed by atoms with E-state index in [1.54, 1.807) is 50.6 Å². The minimum atomic E-state index is -0.566. The second-order valence-corrected chi connectivity index (χ2v) is 7.30. The first kappa shape index (κ1) is 23.6. The summed E-state index contributed by atoms with van der Waals surface area (Å²) in [7, 11) is 4.60. The summed E-state index contributed by atoms with van der Waals surface area (Å²) in [5.41, 5.74) is 1.98. The van der Waals surface area contributed by atoms with Gasteiger partial charge < -0.3 is 28.2 Å². The Kier molecular flexibility index (Phi) is 7.47. The lowest BCUT2D eigenvalue weighted by Crippen LogP contribution is -2.06. The summed E-state index contributed by atoms with van der Waals surface area (Å²) in [6.45, 7) is 0.189. The number of hydrogen-bond donors (Lipinski definition) is 0. The van der Waals surface area contributed by atoms with Crippen molar-refractivity contribution in [1.82, 2.24) is 10.1 Å². The van der Waals surface area contributed by atoms with Crippen LogP contribution in [-0.2, 0) is 18.0 Å². The Labute approximate surface area is 202 Å². The van der Waals surface area contributed by atoms with Gasteiger partial charge in [-0.25, -0.2) is 4.79 Å². The first-order valence-corrected chi connectivity index (χ1v) is 10.7. The van der Waals surface area contributed by atoms with Crippen LogP contribution in [0.4, 0.5) is 0 Å². The topological polar surface area (TPSA) is 102 Å². The lowest BCUT2D eigenvalue weighted by Gasteiger charge is -2.12. The van der Waals surface area contributed by atoms with Gasteiger partial charge in [0.25, 0.3) is 5.89 Å². The number of rotatable bonds is 10. The SMILES string of the molecule is COc1ccc(-c2noc(COC(=O)c3ccc(OCc4ccccc4)c(OC)c3)n2)cc1OC. The highest BCUT2D eigenvalue weighted by Gasteiger charge is 2.16. The van der Waals surface area contributed by atoms with E-state index in [0.29, 0.717) is 46.6 Å². The number of aromatic nitrogens is 2. The van der Waals surface area contributed by atoms with E-state index in [1.807, 2.05) is 30.3 Å². The van der Waals surface area contributed by atoms with Crippen LogP contribution in [0.2, 0.25) is 0 Å². The molecule has 0 saturated heterocycles. The number of hydrogen-bond acceptors (Lipinski definition) is 9. The van der Waals surface area contributed by atoms with Crippen molar-refractivity contribution >= 4 is 5.97 Å². The summed E-state index contributed by atoms with van der Waals surface area (Å²) in [6.07, 6.45) is 0. The summed E-state index contributed by atoms with van der Waals surface area (Å²) in [5, 5.41) is 3.94. The maximum Gasteiger partial charge on any atom is 0.338 e. The molecule has 0 saturated carbocycles. The number of benzene rings is 3. The zero-order valence-corrected chi connectivity index (χ0v) is 19.5. The molecule has 0 bridgehead atoms. The van der Waals surface area contributed by atoms with Gasteiger partial charge >= 0.3 is 5.97 Å². The van der Waals surface area contributed by atoms with Gasteiger partial charge in [-0.1, -0.05) is 35.5 Å². The van der Waals surface area contributed by atoms with Crippen LogP contribution in [0.5, 0.6) is 23.0 Å². The number of esters is 1. The molecule has 9 heteroatoms. The molecule has 0 aliphatic heterocycles. The van der Waals surface area contributed by atoms with E-state index < -0.39 is 5.97 Å². The van der Waals surface area contributed by atoms with Crippen LogP contribution < -0.4 is 18.9 Å². The third-order valence-corrected chi connectivity index (χ3v) is 5.07. The second kappa shape index (κ2) is 11.1. The van der Waals surface area contributed by atoms with Crippen LogP contribution in [0.1, 0.15) is 21.8 Å². The molecule has 1 aromatic heterocycles. The van der Waals surface area contributed by atoms with E-state index in [1.165, 1.54) is 7.11 Å². The molecule has 0 unspecified atom stereocenters. The van der Waals surface area contributed by atoms with Gasteiger partial charge in [0.15, 0.2) is 29.6 Å². The van der Waals surface area contributed by atoms with Gasteiger partial charge in [-0.3, -0.25) is 0 Å². The predicted molar refractivity (Wildman–Crippen MR) is 126 cm³/mol. The van der Waals surface area contributed by atoms with Crippen molar-refractivity contribution in [3.63, 3.8) is 0 Å². The van der Waals surface area contributed by atoms with Gasteiger partial charge in [0.1, 0.15) is 6.61 Å². The molecule has 4 rings (SSSR count). The molecule has 0 N–H and O–H groups in total. The van der Waals surface area contributed by atoms with Crippen LogP contribution in [0.15, 0.2) is 71.3 Å². The minimum Gasteiger partial charge on any atom is -0.493 e. The third kappa shape index (κ3) is 5.70. The van der Waals surface area contributed by atoms with Crippen LogP contribution in [-0.4, -0.2) is 37.4 Å². The number of carbonyl (C=O) groups is 1. The molecular formula is C26H24N2O7. The maximum absolute atomic E-state index is 12.6. The average Bonchev–Trinajstić information content (AvgIpc) is 3.39. The smallest absolute Gasteiger partial charge is 0.338 e. The molecule has 180 valence electrons. The van der Waals surface area contributed by atoms with E-state index in [0.717, 1.165) is 5.56 Å². The van der Waals surface area contributed by atoms with Crippen molar-refractivity contribution < 1.29 is 33.0 Å². The normalized spacial score (nSPS) is 10.5. The highest BCUT2D eigenvalue weighted by Crippen LogP contribution is 2.31. The standard InChI is InChI=1S/C26H24N2O7/c1-30-20-11-9-18(13-22(20)31-2)25-27-24(35-28-25)16-34-26(29)19-10-12-21(23(14-19)32-3)33-15-17-7-5-4-6-8-17/h4-14H,15-16H2,1-3H3. The number of carbonyl (C=O) groups excluding carboxylic acids is 1. The molecule has 0 amide bonds. The van der Waals surface area contributed by atoms with Crippen molar-refractivity contribution in [3.8, 4) is 34.4 Å². The Bertz CT molecular complexity index is 1290. The summed E-state index contributed by atoms with van der Waals surface area (Å²) in [4.78, 5) is 16.9. The maximum atomic E-state index is 12.6.